The minimum Gasteiger partial charge on any atom is -0.478 e. The van der Waals surface area contributed by atoms with Gasteiger partial charge in [-0.15, -0.1) is 0 Å². The lowest BCUT2D eigenvalue weighted by Gasteiger charge is -2.17. The van der Waals surface area contributed by atoms with E-state index < -0.39 is 11.8 Å². The van der Waals surface area contributed by atoms with Crippen LogP contribution in [-0.4, -0.2) is 41.8 Å². The lowest BCUT2D eigenvalue weighted by atomic mass is 9.97. The molecule has 2 aliphatic heterocycles. The third-order valence-corrected chi connectivity index (χ3v) is 4.98. The van der Waals surface area contributed by atoms with Gasteiger partial charge in [0.05, 0.1) is 5.56 Å². The Bertz CT molecular complexity index is 913. The molecule has 1 saturated heterocycles. The van der Waals surface area contributed by atoms with Gasteiger partial charge >= 0.3 is 5.97 Å². The van der Waals surface area contributed by atoms with E-state index >= 15 is 0 Å². The molecule has 2 aromatic carbocycles. The maximum absolute atomic E-state index is 13.5. The van der Waals surface area contributed by atoms with Gasteiger partial charge in [-0.05, 0) is 54.7 Å². The highest BCUT2D eigenvalue weighted by Crippen LogP contribution is 2.33. The minimum atomic E-state index is -1.28. The monoisotopic (exact) mass is 371 g/mol. The lowest BCUT2D eigenvalue weighted by Crippen LogP contribution is -2.28. The zero-order chi connectivity index (χ0) is 19.0. The van der Waals surface area contributed by atoms with E-state index in [4.69, 9.17) is 14.6 Å². The van der Waals surface area contributed by atoms with Gasteiger partial charge in [-0.1, -0.05) is 6.07 Å². The van der Waals surface area contributed by atoms with E-state index in [1.165, 1.54) is 12.1 Å². The lowest BCUT2D eigenvalue weighted by molar-refractivity contribution is 0.0691. The van der Waals surface area contributed by atoms with Crippen LogP contribution in [0.2, 0.25) is 0 Å². The van der Waals surface area contributed by atoms with Crippen LogP contribution in [0.5, 0.6) is 11.5 Å². The van der Waals surface area contributed by atoms with Gasteiger partial charge in [-0.3, -0.25) is 4.79 Å². The standard InChI is InChI=1S/C20H18FNO5/c21-16-3-1-12(8-15(16)20(24)25)7-13-5-6-22(10-13)19(23)14-2-4-17-18(9-14)27-11-26-17/h1-4,8-9,13H,5-7,10-11H2,(H,24,25). The summed E-state index contributed by atoms with van der Waals surface area (Å²) in [5.41, 5.74) is 0.991. The highest BCUT2D eigenvalue weighted by molar-refractivity contribution is 5.95. The summed E-state index contributed by atoms with van der Waals surface area (Å²) in [7, 11) is 0. The predicted molar refractivity (Wildman–Crippen MR) is 93.6 cm³/mol. The fourth-order valence-corrected chi connectivity index (χ4v) is 3.59. The Balaban J connectivity index is 1.42. The maximum Gasteiger partial charge on any atom is 0.338 e. The molecule has 2 aromatic rings. The van der Waals surface area contributed by atoms with Crippen molar-refractivity contribution < 1.29 is 28.6 Å². The number of carbonyl (C=O) groups excluding carboxylic acids is 1. The predicted octanol–water partition coefficient (Wildman–Crippen LogP) is 2.96. The van der Waals surface area contributed by atoms with Gasteiger partial charge in [-0.25, -0.2) is 9.18 Å². The summed E-state index contributed by atoms with van der Waals surface area (Å²) in [6, 6.07) is 9.31. The van der Waals surface area contributed by atoms with Crippen molar-refractivity contribution in [2.24, 2.45) is 5.92 Å². The fourth-order valence-electron chi connectivity index (χ4n) is 3.59. The topological polar surface area (TPSA) is 76.1 Å². The summed E-state index contributed by atoms with van der Waals surface area (Å²) in [5, 5.41) is 9.05. The number of hydrogen-bond donors (Lipinski definition) is 1. The SMILES string of the molecule is O=C(O)c1cc(CC2CCN(C(=O)c3ccc4c(c3)OCO4)C2)ccc1F. The highest BCUT2D eigenvalue weighted by Gasteiger charge is 2.28. The van der Waals surface area contributed by atoms with Gasteiger partial charge in [-0.2, -0.15) is 0 Å². The molecule has 0 bridgehead atoms. The van der Waals surface area contributed by atoms with Crippen molar-refractivity contribution in [1.29, 1.82) is 0 Å². The molecule has 1 fully saturated rings. The second kappa shape index (κ2) is 6.90. The molecule has 0 radical (unpaired) electrons. The van der Waals surface area contributed by atoms with E-state index in [-0.39, 0.29) is 24.2 Å². The number of fused-ring (bicyclic) bond motifs is 1. The van der Waals surface area contributed by atoms with Crippen LogP contribution in [0.3, 0.4) is 0 Å². The average molecular weight is 371 g/mol. The van der Waals surface area contributed by atoms with Crippen LogP contribution in [-0.2, 0) is 6.42 Å². The number of rotatable bonds is 4. The number of carboxylic acid groups (broad SMARTS) is 1. The Morgan fingerprint density at radius 3 is 2.78 bits per heavy atom. The molecule has 1 N–H and O–H groups in total. The highest BCUT2D eigenvalue weighted by atomic mass is 19.1. The number of aromatic carboxylic acids is 1. The van der Waals surface area contributed by atoms with Crippen LogP contribution in [0.4, 0.5) is 4.39 Å². The minimum absolute atomic E-state index is 0.0684. The Morgan fingerprint density at radius 1 is 1.15 bits per heavy atom. The molecule has 1 unspecified atom stereocenters. The molecule has 2 heterocycles. The molecule has 2 aliphatic rings. The molecule has 7 heteroatoms. The quantitative estimate of drug-likeness (QED) is 0.894. The zero-order valence-electron chi connectivity index (χ0n) is 14.5. The Hall–Kier alpha value is -3.09. The normalized spacial score (nSPS) is 18.0. The largest absolute Gasteiger partial charge is 0.478 e. The van der Waals surface area contributed by atoms with Crippen molar-refractivity contribution in [2.45, 2.75) is 12.8 Å². The van der Waals surface area contributed by atoms with Gasteiger partial charge in [0.25, 0.3) is 5.91 Å². The number of amides is 1. The van der Waals surface area contributed by atoms with E-state index in [1.54, 1.807) is 29.2 Å². The first-order valence-electron chi connectivity index (χ1n) is 8.72. The zero-order valence-corrected chi connectivity index (χ0v) is 14.5. The molecule has 0 saturated carbocycles. The number of carboxylic acids is 1. The molecule has 27 heavy (non-hydrogen) atoms. The van der Waals surface area contributed by atoms with E-state index in [1.807, 2.05) is 0 Å². The van der Waals surface area contributed by atoms with E-state index in [2.05, 4.69) is 0 Å². The molecule has 1 atom stereocenters. The molecular formula is C20H18FNO5. The maximum atomic E-state index is 13.5. The van der Waals surface area contributed by atoms with Gasteiger partial charge in [0.1, 0.15) is 5.82 Å². The van der Waals surface area contributed by atoms with Crippen LogP contribution < -0.4 is 9.47 Å². The first-order chi connectivity index (χ1) is 13.0. The van der Waals surface area contributed by atoms with Gasteiger partial charge in [0.2, 0.25) is 6.79 Å². The third-order valence-electron chi connectivity index (χ3n) is 4.98. The fraction of sp³-hybridized carbons (Fsp3) is 0.300. The number of hydrogen-bond acceptors (Lipinski definition) is 4. The summed E-state index contributed by atoms with van der Waals surface area (Å²) in [5.74, 6) is -0.672. The van der Waals surface area contributed by atoms with Crippen LogP contribution >= 0.6 is 0 Å². The second-order valence-corrected chi connectivity index (χ2v) is 6.80. The Kier molecular flexibility index (Phi) is 4.43. The second-order valence-electron chi connectivity index (χ2n) is 6.80. The molecule has 4 rings (SSSR count). The summed E-state index contributed by atoms with van der Waals surface area (Å²) in [4.78, 5) is 25.6. The Morgan fingerprint density at radius 2 is 1.96 bits per heavy atom. The van der Waals surface area contributed by atoms with E-state index in [9.17, 15) is 14.0 Å². The number of nitrogens with zero attached hydrogens (tertiary/aromatic N) is 1. The van der Waals surface area contributed by atoms with Crippen molar-refractivity contribution in [3.63, 3.8) is 0 Å². The van der Waals surface area contributed by atoms with Crippen LogP contribution in [0, 0.1) is 11.7 Å². The number of benzene rings is 2. The molecular weight excluding hydrogens is 353 g/mol. The van der Waals surface area contributed by atoms with Crippen molar-refractivity contribution in [3.05, 3.63) is 58.9 Å². The number of ether oxygens (including phenoxy) is 2. The Labute approximate surface area is 155 Å². The smallest absolute Gasteiger partial charge is 0.338 e. The first kappa shape index (κ1) is 17.3. The average Bonchev–Trinajstić information content (AvgIpc) is 3.31. The number of carbonyl (C=O) groups is 2. The molecule has 0 aliphatic carbocycles. The molecule has 140 valence electrons. The first-order valence-corrected chi connectivity index (χ1v) is 8.72. The summed E-state index contributed by atoms with van der Waals surface area (Å²) < 4.78 is 24.1. The number of halogens is 1. The van der Waals surface area contributed by atoms with Crippen LogP contribution in [0.15, 0.2) is 36.4 Å². The van der Waals surface area contributed by atoms with Gasteiger partial charge < -0.3 is 19.5 Å². The van der Waals surface area contributed by atoms with Crippen molar-refractivity contribution in [3.8, 4) is 11.5 Å². The van der Waals surface area contributed by atoms with Crippen LogP contribution in [0.1, 0.15) is 32.7 Å². The van der Waals surface area contributed by atoms with Crippen LogP contribution in [0.25, 0.3) is 0 Å². The third kappa shape index (κ3) is 3.45. The van der Waals surface area contributed by atoms with Gasteiger partial charge in [0.15, 0.2) is 11.5 Å². The molecule has 1 amide bonds. The van der Waals surface area contributed by atoms with E-state index in [0.29, 0.717) is 36.6 Å². The van der Waals surface area contributed by atoms with E-state index in [0.717, 1.165) is 12.0 Å². The van der Waals surface area contributed by atoms with Gasteiger partial charge in [0, 0.05) is 18.7 Å². The summed E-state index contributed by atoms with van der Waals surface area (Å²) >= 11 is 0. The summed E-state index contributed by atoms with van der Waals surface area (Å²) in [6.45, 7) is 1.37. The molecule has 0 aromatic heterocycles. The number of likely N-dealkylation sites (tertiary alicyclic amines) is 1. The van der Waals surface area contributed by atoms with Crippen molar-refractivity contribution in [1.82, 2.24) is 4.90 Å². The van der Waals surface area contributed by atoms with Crippen molar-refractivity contribution in [2.75, 3.05) is 19.9 Å². The molecule has 6 nitrogen and oxygen atoms in total. The summed E-state index contributed by atoms with van der Waals surface area (Å²) in [6.07, 6.45) is 1.42. The molecule has 0 spiro atoms. The van der Waals surface area contributed by atoms with Crippen molar-refractivity contribution >= 4 is 11.9 Å².